The van der Waals surface area contributed by atoms with Crippen LogP contribution in [0.1, 0.15) is 11.1 Å². The molecule has 0 aliphatic heterocycles. The molecule has 0 amide bonds. The molecule has 0 fully saturated rings. The molecular weight excluding hydrogens is 308 g/mol. The maximum absolute atomic E-state index is 12.1. The second kappa shape index (κ2) is 6.33. The highest BCUT2D eigenvalue weighted by molar-refractivity contribution is 5.83. The van der Waals surface area contributed by atoms with E-state index in [2.05, 4.69) is 15.0 Å². The van der Waals surface area contributed by atoms with E-state index in [1.807, 2.05) is 13.0 Å². The van der Waals surface area contributed by atoms with Gasteiger partial charge in [0.05, 0.1) is 5.69 Å². The van der Waals surface area contributed by atoms with Crippen molar-refractivity contribution in [3.63, 3.8) is 0 Å². The second-order valence-electron chi connectivity index (χ2n) is 5.12. The Bertz CT molecular complexity index is 1020. The zero-order valence-electron chi connectivity index (χ0n) is 12.8. The maximum Gasteiger partial charge on any atom is 0.335 e. The van der Waals surface area contributed by atoms with Gasteiger partial charge in [0.25, 0.3) is 5.56 Å². The van der Waals surface area contributed by atoms with Gasteiger partial charge in [0.1, 0.15) is 5.56 Å². The molecule has 7 heteroatoms. The van der Waals surface area contributed by atoms with Crippen molar-refractivity contribution >= 4 is 12.0 Å². The van der Waals surface area contributed by atoms with E-state index in [4.69, 9.17) is 0 Å². The van der Waals surface area contributed by atoms with E-state index < -0.39 is 17.1 Å². The standard InChI is InChI=1S/C17H14N4O3/c1-11-5-4-6-12(9-11)21-16(23)13(15(22)20-17(21)24)10-19-14-7-2-3-8-18-14/h2-10,23H,1H3,(H,20,22,24)/b19-10+. The van der Waals surface area contributed by atoms with Gasteiger partial charge in [-0.25, -0.2) is 19.3 Å². The molecule has 2 heterocycles. The predicted molar refractivity (Wildman–Crippen MR) is 90.6 cm³/mol. The first-order valence-corrected chi connectivity index (χ1v) is 7.17. The summed E-state index contributed by atoms with van der Waals surface area (Å²) in [6.07, 6.45) is 2.74. The Morgan fingerprint density at radius 2 is 2.04 bits per heavy atom. The number of rotatable bonds is 3. The largest absolute Gasteiger partial charge is 0.493 e. The number of nitrogens with zero attached hydrogens (tertiary/aromatic N) is 3. The quantitative estimate of drug-likeness (QED) is 0.717. The minimum atomic E-state index is -0.724. The number of aromatic amines is 1. The molecule has 3 rings (SSSR count). The molecule has 120 valence electrons. The van der Waals surface area contributed by atoms with Crippen LogP contribution in [0, 0.1) is 6.92 Å². The van der Waals surface area contributed by atoms with Crippen LogP contribution in [-0.2, 0) is 0 Å². The maximum atomic E-state index is 12.1. The van der Waals surface area contributed by atoms with Gasteiger partial charge < -0.3 is 5.11 Å². The van der Waals surface area contributed by atoms with Gasteiger partial charge in [0.2, 0.25) is 5.88 Å². The number of aromatic nitrogens is 3. The Morgan fingerprint density at radius 1 is 1.21 bits per heavy atom. The topological polar surface area (TPSA) is 100 Å². The minimum Gasteiger partial charge on any atom is -0.493 e. The molecule has 0 atom stereocenters. The normalized spacial score (nSPS) is 11.0. The molecule has 7 nitrogen and oxygen atoms in total. The highest BCUT2D eigenvalue weighted by Gasteiger charge is 2.14. The van der Waals surface area contributed by atoms with Gasteiger partial charge in [0.15, 0.2) is 5.82 Å². The summed E-state index contributed by atoms with van der Waals surface area (Å²) in [7, 11) is 0. The van der Waals surface area contributed by atoms with E-state index in [-0.39, 0.29) is 5.56 Å². The Kier molecular flexibility index (Phi) is 4.07. The fraction of sp³-hybridized carbons (Fsp3) is 0.0588. The molecule has 2 N–H and O–H groups in total. The van der Waals surface area contributed by atoms with Gasteiger partial charge in [0, 0.05) is 12.4 Å². The number of nitrogens with one attached hydrogen (secondary N) is 1. The van der Waals surface area contributed by atoms with Crippen molar-refractivity contribution in [1.29, 1.82) is 0 Å². The molecule has 0 bridgehead atoms. The van der Waals surface area contributed by atoms with Crippen LogP contribution in [0.25, 0.3) is 5.69 Å². The lowest BCUT2D eigenvalue weighted by Gasteiger charge is -2.10. The van der Waals surface area contributed by atoms with Crippen molar-refractivity contribution < 1.29 is 5.11 Å². The summed E-state index contributed by atoms with van der Waals surface area (Å²) in [6.45, 7) is 1.86. The number of aliphatic imine (C=N–C) groups is 1. The summed E-state index contributed by atoms with van der Waals surface area (Å²) in [5.41, 5.74) is -0.212. The van der Waals surface area contributed by atoms with Crippen LogP contribution in [0.15, 0.2) is 63.2 Å². The Labute approximate surface area is 136 Å². The lowest BCUT2D eigenvalue weighted by Crippen LogP contribution is -2.31. The first-order valence-electron chi connectivity index (χ1n) is 7.17. The number of benzene rings is 1. The summed E-state index contributed by atoms with van der Waals surface area (Å²) in [5, 5.41) is 10.4. The summed E-state index contributed by atoms with van der Waals surface area (Å²) >= 11 is 0. The molecule has 3 aromatic rings. The third-order valence-corrected chi connectivity index (χ3v) is 3.36. The molecule has 0 saturated heterocycles. The van der Waals surface area contributed by atoms with Crippen LogP contribution < -0.4 is 11.2 Å². The smallest absolute Gasteiger partial charge is 0.335 e. The number of aromatic hydroxyl groups is 1. The average molecular weight is 322 g/mol. The van der Waals surface area contributed by atoms with Crippen molar-refractivity contribution in [2.75, 3.05) is 0 Å². The van der Waals surface area contributed by atoms with Crippen molar-refractivity contribution in [3.05, 3.63) is 80.6 Å². The second-order valence-corrected chi connectivity index (χ2v) is 5.12. The molecule has 1 aromatic carbocycles. The number of aryl methyl sites for hydroxylation is 1. The van der Waals surface area contributed by atoms with E-state index in [1.165, 1.54) is 6.21 Å². The van der Waals surface area contributed by atoms with E-state index >= 15 is 0 Å². The molecule has 0 unspecified atom stereocenters. The predicted octanol–water partition coefficient (Wildman–Crippen LogP) is 1.69. The van der Waals surface area contributed by atoms with Crippen molar-refractivity contribution in [1.82, 2.24) is 14.5 Å². The van der Waals surface area contributed by atoms with Crippen molar-refractivity contribution in [3.8, 4) is 11.6 Å². The summed E-state index contributed by atoms with van der Waals surface area (Å²) in [6, 6.07) is 12.1. The third kappa shape index (κ3) is 3.00. The lowest BCUT2D eigenvalue weighted by molar-refractivity contribution is 0.430. The Morgan fingerprint density at radius 3 is 2.75 bits per heavy atom. The summed E-state index contributed by atoms with van der Waals surface area (Å²) in [4.78, 5) is 34.3. The van der Waals surface area contributed by atoms with Crippen molar-refractivity contribution in [2.24, 2.45) is 4.99 Å². The van der Waals surface area contributed by atoms with Crippen LogP contribution in [-0.4, -0.2) is 25.9 Å². The Hall–Kier alpha value is -3.48. The van der Waals surface area contributed by atoms with E-state index in [9.17, 15) is 14.7 Å². The van der Waals surface area contributed by atoms with Gasteiger partial charge in [-0.3, -0.25) is 9.78 Å². The molecule has 0 aliphatic rings. The number of H-pyrrole nitrogens is 1. The SMILES string of the molecule is Cc1cccc(-n2c(O)c(/C=N/c3ccccn3)c(=O)[nH]c2=O)c1. The van der Waals surface area contributed by atoms with Gasteiger partial charge in [-0.1, -0.05) is 18.2 Å². The lowest BCUT2D eigenvalue weighted by atomic mass is 10.2. The van der Waals surface area contributed by atoms with Crippen LogP contribution in [0.3, 0.4) is 0 Å². The molecule has 0 radical (unpaired) electrons. The van der Waals surface area contributed by atoms with Crippen LogP contribution in [0.2, 0.25) is 0 Å². The van der Waals surface area contributed by atoms with Crippen LogP contribution in [0.4, 0.5) is 5.82 Å². The van der Waals surface area contributed by atoms with Crippen LogP contribution >= 0.6 is 0 Å². The highest BCUT2D eigenvalue weighted by Crippen LogP contribution is 2.16. The monoisotopic (exact) mass is 322 g/mol. The number of hydrogen-bond donors (Lipinski definition) is 2. The molecular formula is C17H14N4O3. The van der Waals surface area contributed by atoms with E-state index in [0.29, 0.717) is 11.5 Å². The molecule has 24 heavy (non-hydrogen) atoms. The molecule has 0 spiro atoms. The fourth-order valence-corrected chi connectivity index (χ4v) is 2.22. The minimum absolute atomic E-state index is 0.123. The zero-order chi connectivity index (χ0) is 17.1. The van der Waals surface area contributed by atoms with E-state index in [1.54, 1.807) is 42.6 Å². The number of hydrogen-bond acceptors (Lipinski definition) is 5. The summed E-state index contributed by atoms with van der Waals surface area (Å²) < 4.78 is 1.02. The third-order valence-electron chi connectivity index (χ3n) is 3.36. The molecule has 0 aliphatic carbocycles. The first kappa shape index (κ1) is 15.4. The zero-order valence-corrected chi connectivity index (χ0v) is 12.8. The van der Waals surface area contributed by atoms with Gasteiger partial charge >= 0.3 is 5.69 Å². The van der Waals surface area contributed by atoms with Gasteiger partial charge in [-0.15, -0.1) is 0 Å². The van der Waals surface area contributed by atoms with Gasteiger partial charge in [-0.2, -0.15) is 0 Å². The highest BCUT2D eigenvalue weighted by atomic mass is 16.3. The average Bonchev–Trinajstić information content (AvgIpc) is 2.55. The van der Waals surface area contributed by atoms with Crippen molar-refractivity contribution in [2.45, 2.75) is 6.92 Å². The van der Waals surface area contributed by atoms with Crippen LogP contribution in [0.5, 0.6) is 5.88 Å². The fourth-order valence-electron chi connectivity index (χ4n) is 2.22. The van der Waals surface area contributed by atoms with Gasteiger partial charge in [-0.05, 0) is 36.8 Å². The molecule has 2 aromatic heterocycles. The Balaban J connectivity index is 2.15. The summed E-state index contributed by atoms with van der Waals surface area (Å²) in [5.74, 6) is -0.0985. The number of pyridine rings is 1. The molecule has 0 saturated carbocycles. The first-order chi connectivity index (χ1) is 11.6. The van der Waals surface area contributed by atoms with E-state index in [0.717, 1.165) is 10.1 Å².